The van der Waals surface area contributed by atoms with Crippen molar-refractivity contribution >= 4 is 28.9 Å². The average Bonchev–Trinajstić information content (AvgIpc) is 2.77. The summed E-state index contributed by atoms with van der Waals surface area (Å²) in [5.41, 5.74) is -1.63. The van der Waals surface area contributed by atoms with Crippen molar-refractivity contribution < 1.29 is 24.0 Å². The zero-order valence-electron chi connectivity index (χ0n) is 17.8. The van der Waals surface area contributed by atoms with Gasteiger partial charge >= 0.3 is 0 Å². The lowest BCUT2D eigenvalue weighted by Crippen LogP contribution is -2.57. The van der Waals surface area contributed by atoms with E-state index >= 15 is 0 Å². The molecule has 1 unspecified atom stereocenters. The summed E-state index contributed by atoms with van der Waals surface area (Å²) in [6, 6.07) is 11.4. The number of carbonyl (C=O) groups excluding carboxylic acids is 1. The van der Waals surface area contributed by atoms with Gasteiger partial charge in [-0.3, -0.25) is 20.2 Å². The molecule has 3 N–H and O–H groups in total. The number of rotatable bonds is 10. The van der Waals surface area contributed by atoms with Crippen LogP contribution in [0.5, 0.6) is 0 Å². The fourth-order valence-electron chi connectivity index (χ4n) is 3.15. The third kappa shape index (κ3) is 6.28. The Morgan fingerprint density at radius 2 is 2.00 bits per heavy atom. The SMILES string of the molecule is CCCCOC(CO)[C@](C)(NC(=S)NC(=O)c1ccccc1)c1cc([N+](=O)[O-])ccc1F. The lowest BCUT2D eigenvalue weighted by molar-refractivity contribution is -0.385. The summed E-state index contributed by atoms with van der Waals surface area (Å²) >= 11 is 5.27. The summed E-state index contributed by atoms with van der Waals surface area (Å²) in [5, 5.41) is 26.5. The van der Waals surface area contributed by atoms with Crippen LogP contribution in [-0.2, 0) is 10.3 Å². The number of hydrogen-bond donors (Lipinski definition) is 3. The second kappa shape index (κ2) is 11.6. The predicted molar refractivity (Wildman–Crippen MR) is 122 cm³/mol. The largest absolute Gasteiger partial charge is 0.394 e. The minimum absolute atomic E-state index is 0.126. The summed E-state index contributed by atoms with van der Waals surface area (Å²) in [4.78, 5) is 23.1. The molecular weight excluding hydrogens is 437 g/mol. The number of non-ortho nitro benzene ring substituents is 1. The van der Waals surface area contributed by atoms with E-state index < -0.39 is 34.9 Å². The van der Waals surface area contributed by atoms with Crippen LogP contribution in [-0.4, -0.2) is 40.4 Å². The van der Waals surface area contributed by atoms with Crippen LogP contribution in [0.15, 0.2) is 48.5 Å². The van der Waals surface area contributed by atoms with Crippen molar-refractivity contribution in [2.75, 3.05) is 13.2 Å². The standard InChI is InChI=1S/C22H26FN3O5S/c1-3-4-12-31-19(14-27)22(2,17-13-16(26(29)30)10-11-18(17)23)25-21(32)24-20(28)15-8-6-5-7-9-15/h5-11,13,19,27H,3-4,12,14H2,1-2H3,(H2,24,25,28,32)/t19?,22-/m1/s1. The Labute approximate surface area is 190 Å². The molecule has 0 saturated carbocycles. The molecule has 2 aromatic rings. The summed E-state index contributed by atoms with van der Waals surface area (Å²) in [7, 11) is 0. The molecule has 1 amide bonds. The van der Waals surface area contributed by atoms with E-state index in [1.807, 2.05) is 6.92 Å². The fourth-order valence-corrected chi connectivity index (χ4v) is 3.45. The van der Waals surface area contributed by atoms with E-state index in [2.05, 4.69) is 10.6 Å². The number of nitro groups is 1. The van der Waals surface area contributed by atoms with E-state index in [0.29, 0.717) is 12.0 Å². The van der Waals surface area contributed by atoms with Crippen molar-refractivity contribution in [1.82, 2.24) is 10.6 Å². The number of nitrogens with one attached hydrogen (secondary N) is 2. The Morgan fingerprint density at radius 3 is 2.59 bits per heavy atom. The van der Waals surface area contributed by atoms with Crippen LogP contribution in [0.2, 0.25) is 0 Å². The molecule has 0 heterocycles. The topological polar surface area (TPSA) is 114 Å². The zero-order chi connectivity index (χ0) is 23.7. The number of hydrogen-bond acceptors (Lipinski definition) is 6. The first-order valence-electron chi connectivity index (χ1n) is 10.1. The van der Waals surface area contributed by atoms with Crippen LogP contribution < -0.4 is 10.6 Å². The van der Waals surface area contributed by atoms with Crippen molar-refractivity contribution in [1.29, 1.82) is 0 Å². The summed E-state index contributed by atoms with van der Waals surface area (Å²) < 4.78 is 20.6. The van der Waals surface area contributed by atoms with Crippen molar-refractivity contribution in [3.63, 3.8) is 0 Å². The number of aliphatic hydroxyl groups excluding tert-OH is 1. The molecule has 0 fully saturated rings. The number of halogens is 1. The van der Waals surface area contributed by atoms with E-state index in [9.17, 15) is 24.4 Å². The third-order valence-corrected chi connectivity index (χ3v) is 5.19. The lowest BCUT2D eigenvalue weighted by atomic mass is 9.85. The van der Waals surface area contributed by atoms with Gasteiger partial charge in [0.15, 0.2) is 5.11 Å². The lowest BCUT2D eigenvalue weighted by Gasteiger charge is -2.38. The molecule has 8 nitrogen and oxygen atoms in total. The van der Waals surface area contributed by atoms with Gasteiger partial charge in [0.1, 0.15) is 11.9 Å². The molecule has 2 aromatic carbocycles. The highest BCUT2D eigenvalue weighted by molar-refractivity contribution is 7.80. The normalized spacial score (nSPS) is 13.6. The van der Waals surface area contributed by atoms with Crippen molar-refractivity contribution in [3.05, 3.63) is 75.6 Å². The van der Waals surface area contributed by atoms with Gasteiger partial charge in [0.2, 0.25) is 0 Å². The monoisotopic (exact) mass is 463 g/mol. The van der Waals surface area contributed by atoms with E-state index in [-0.39, 0.29) is 23.0 Å². The Bertz CT molecular complexity index is 960. The van der Waals surface area contributed by atoms with Gasteiger partial charge < -0.3 is 15.2 Å². The Kier molecular flexibility index (Phi) is 9.18. The highest BCUT2D eigenvalue weighted by Crippen LogP contribution is 2.32. The first-order valence-corrected chi connectivity index (χ1v) is 10.5. The van der Waals surface area contributed by atoms with Gasteiger partial charge in [-0.25, -0.2) is 4.39 Å². The van der Waals surface area contributed by atoms with E-state index in [0.717, 1.165) is 24.6 Å². The Hall–Kier alpha value is -2.95. The number of carbonyl (C=O) groups is 1. The minimum Gasteiger partial charge on any atom is -0.394 e. The highest BCUT2D eigenvalue weighted by atomic mass is 32.1. The average molecular weight is 464 g/mol. The smallest absolute Gasteiger partial charge is 0.270 e. The van der Waals surface area contributed by atoms with Crippen molar-refractivity contribution in [2.45, 2.75) is 38.3 Å². The Morgan fingerprint density at radius 1 is 1.31 bits per heavy atom. The first kappa shape index (κ1) is 25.3. The van der Waals surface area contributed by atoms with Gasteiger partial charge in [-0.2, -0.15) is 0 Å². The van der Waals surface area contributed by atoms with Crippen LogP contribution in [0, 0.1) is 15.9 Å². The van der Waals surface area contributed by atoms with Crippen LogP contribution >= 0.6 is 12.2 Å². The maximum absolute atomic E-state index is 14.9. The second-order valence-corrected chi connectivity index (χ2v) is 7.70. The van der Waals surface area contributed by atoms with Crippen LogP contribution in [0.1, 0.15) is 42.6 Å². The van der Waals surface area contributed by atoms with Gasteiger partial charge in [0.25, 0.3) is 11.6 Å². The maximum Gasteiger partial charge on any atom is 0.270 e. The summed E-state index contributed by atoms with van der Waals surface area (Å²) in [5.74, 6) is -1.24. The second-order valence-electron chi connectivity index (χ2n) is 7.29. The van der Waals surface area contributed by atoms with Gasteiger partial charge in [-0.1, -0.05) is 31.5 Å². The molecule has 0 aliphatic carbocycles. The van der Waals surface area contributed by atoms with Gasteiger partial charge in [0, 0.05) is 29.9 Å². The van der Waals surface area contributed by atoms with E-state index in [1.165, 1.54) is 6.92 Å². The molecule has 0 aliphatic rings. The van der Waals surface area contributed by atoms with Crippen LogP contribution in [0.25, 0.3) is 0 Å². The van der Waals surface area contributed by atoms with Crippen molar-refractivity contribution in [3.8, 4) is 0 Å². The van der Waals surface area contributed by atoms with Crippen molar-refractivity contribution in [2.24, 2.45) is 0 Å². The van der Waals surface area contributed by atoms with Gasteiger partial charge in [0.05, 0.1) is 17.1 Å². The number of ether oxygens (including phenoxy) is 1. The fraction of sp³-hybridized carbons (Fsp3) is 0.364. The number of thiocarbonyl (C=S) groups is 1. The van der Waals surface area contributed by atoms with E-state index in [1.54, 1.807) is 30.3 Å². The van der Waals surface area contributed by atoms with E-state index in [4.69, 9.17) is 17.0 Å². The maximum atomic E-state index is 14.9. The molecule has 0 radical (unpaired) electrons. The van der Waals surface area contributed by atoms with Gasteiger partial charge in [-0.05, 0) is 43.8 Å². The number of aliphatic hydroxyl groups is 1. The molecule has 32 heavy (non-hydrogen) atoms. The molecule has 0 spiro atoms. The molecule has 2 rings (SSSR count). The summed E-state index contributed by atoms with van der Waals surface area (Å²) in [6.45, 7) is 3.22. The number of benzene rings is 2. The number of amides is 1. The first-order chi connectivity index (χ1) is 15.2. The highest BCUT2D eigenvalue weighted by Gasteiger charge is 2.40. The molecule has 0 saturated heterocycles. The molecule has 0 bridgehead atoms. The zero-order valence-corrected chi connectivity index (χ0v) is 18.7. The molecular formula is C22H26FN3O5S. The quantitative estimate of drug-likeness (QED) is 0.214. The summed E-state index contributed by atoms with van der Waals surface area (Å²) in [6.07, 6.45) is 0.509. The molecule has 172 valence electrons. The third-order valence-electron chi connectivity index (χ3n) is 4.98. The Balaban J connectivity index is 2.39. The molecule has 2 atom stereocenters. The number of unbranched alkanes of at least 4 members (excludes halogenated alkanes) is 1. The minimum atomic E-state index is -1.53. The van der Waals surface area contributed by atoms with Crippen LogP contribution in [0.4, 0.5) is 10.1 Å². The number of nitrogens with zero attached hydrogens (tertiary/aromatic N) is 1. The molecule has 0 aromatic heterocycles. The van der Waals surface area contributed by atoms with Crippen LogP contribution in [0.3, 0.4) is 0 Å². The molecule has 10 heteroatoms. The molecule has 0 aliphatic heterocycles. The van der Waals surface area contributed by atoms with Gasteiger partial charge in [-0.15, -0.1) is 0 Å². The number of nitro benzene ring substituents is 1. The predicted octanol–water partition coefficient (Wildman–Crippen LogP) is 3.43.